The van der Waals surface area contributed by atoms with Crippen LogP contribution in [-0.4, -0.2) is 24.0 Å². The molecule has 0 unspecified atom stereocenters. The van der Waals surface area contributed by atoms with Gasteiger partial charge in [-0.1, -0.05) is 18.2 Å². The van der Waals surface area contributed by atoms with Gasteiger partial charge in [-0.3, -0.25) is 0 Å². The lowest BCUT2D eigenvalue weighted by Gasteiger charge is -2.13. The molecule has 0 saturated heterocycles. The van der Waals surface area contributed by atoms with Crippen LogP contribution in [0.1, 0.15) is 17.0 Å². The Morgan fingerprint density at radius 3 is 2.44 bits per heavy atom. The van der Waals surface area contributed by atoms with Gasteiger partial charge in [0.05, 0.1) is 31.3 Å². The van der Waals surface area contributed by atoms with Gasteiger partial charge in [-0.15, -0.1) is 0 Å². The molecule has 3 rings (SSSR count). The summed E-state index contributed by atoms with van der Waals surface area (Å²) in [6.45, 7) is 4.80. The Balaban J connectivity index is 1.84. The summed E-state index contributed by atoms with van der Waals surface area (Å²) in [5.41, 5.74) is 5.32. The van der Waals surface area contributed by atoms with Crippen LogP contribution in [0.15, 0.2) is 48.5 Å². The number of aryl methyl sites for hydroxylation is 1. The van der Waals surface area contributed by atoms with Crippen molar-refractivity contribution in [3.8, 4) is 17.2 Å². The van der Waals surface area contributed by atoms with Gasteiger partial charge in [0.2, 0.25) is 0 Å². The highest BCUT2D eigenvalue weighted by Crippen LogP contribution is 2.30. The molecule has 2 aromatic carbocycles. The SMILES string of the molecule is COc1ccc(NCc2c(C)nn(-c3ccccc3)c2C)c(OC)c1. The van der Waals surface area contributed by atoms with E-state index in [1.54, 1.807) is 14.2 Å². The summed E-state index contributed by atoms with van der Waals surface area (Å²) in [5, 5.41) is 8.13. The molecule has 1 aromatic heterocycles. The minimum atomic E-state index is 0.674. The zero-order valence-corrected chi connectivity index (χ0v) is 15.0. The molecule has 0 aliphatic heterocycles. The molecule has 0 bridgehead atoms. The normalized spacial score (nSPS) is 10.6. The maximum atomic E-state index is 5.45. The van der Waals surface area contributed by atoms with E-state index in [-0.39, 0.29) is 0 Å². The minimum Gasteiger partial charge on any atom is -0.497 e. The lowest BCUT2D eigenvalue weighted by atomic mass is 10.2. The van der Waals surface area contributed by atoms with E-state index in [1.807, 2.05) is 48.0 Å². The third-order valence-electron chi connectivity index (χ3n) is 4.31. The van der Waals surface area contributed by atoms with Crippen LogP contribution in [0.5, 0.6) is 11.5 Å². The van der Waals surface area contributed by atoms with E-state index >= 15 is 0 Å². The minimum absolute atomic E-state index is 0.674. The number of hydrogen-bond acceptors (Lipinski definition) is 4. The van der Waals surface area contributed by atoms with E-state index < -0.39 is 0 Å². The second-order valence-electron chi connectivity index (χ2n) is 5.82. The molecular formula is C20H23N3O2. The molecule has 0 atom stereocenters. The maximum absolute atomic E-state index is 5.45. The average molecular weight is 337 g/mol. The monoisotopic (exact) mass is 337 g/mol. The zero-order chi connectivity index (χ0) is 17.8. The first kappa shape index (κ1) is 16.9. The second kappa shape index (κ2) is 7.30. The number of rotatable bonds is 6. The molecule has 5 nitrogen and oxygen atoms in total. The largest absolute Gasteiger partial charge is 0.497 e. The van der Waals surface area contributed by atoms with E-state index in [4.69, 9.17) is 9.47 Å². The average Bonchev–Trinajstić information content (AvgIpc) is 2.94. The number of methoxy groups -OCH3 is 2. The fourth-order valence-electron chi connectivity index (χ4n) is 2.88. The van der Waals surface area contributed by atoms with Crippen LogP contribution in [-0.2, 0) is 6.54 Å². The van der Waals surface area contributed by atoms with Gasteiger partial charge >= 0.3 is 0 Å². The Hall–Kier alpha value is -2.95. The van der Waals surface area contributed by atoms with E-state index in [2.05, 4.69) is 29.5 Å². The number of anilines is 1. The number of benzene rings is 2. The third kappa shape index (κ3) is 3.45. The predicted octanol–water partition coefficient (Wildman–Crippen LogP) is 4.12. The summed E-state index contributed by atoms with van der Waals surface area (Å²) >= 11 is 0. The Bertz CT molecular complexity index is 857. The summed E-state index contributed by atoms with van der Waals surface area (Å²) in [7, 11) is 3.30. The number of aromatic nitrogens is 2. The number of hydrogen-bond donors (Lipinski definition) is 1. The summed E-state index contributed by atoms with van der Waals surface area (Å²) in [6.07, 6.45) is 0. The molecule has 25 heavy (non-hydrogen) atoms. The molecule has 0 saturated carbocycles. The number of para-hydroxylation sites is 1. The lowest BCUT2D eigenvalue weighted by Crippen LogP contribution is -2.04. The summed E-state index contributed by atoms with van der Waals surface area (Å²) in [6, 6.07) is 15.9. The van der Waals surface area contributed by atoms with Crippen molar-refractivity contribution in [1.29, 1.82) is 0 Å². The van der Waals surface area contributed by atoms with Crippen LogP contribution in [0.4, 0.5) is 5.69 Å². The van der Waals surface area contributed by atoms with E-state index in [0.717, 1.165) is 34.3 Å². The van der Waals surface area contributed by atoms with E-state index in [1.165, 1.54) is 5.56 Å². The van der Waals surface area contributed by atoms with E-state index in [9.17, 15) is 0 Å². The number of nitrogens with zero attached hydrogens (tertiary/aromatic N) is 2. The molecule has 0 spiro atoms. The molecule has 0 fully saturated rings. The molecular weight excluding hydrogens is 314 g/mol. The first-order valence-corrected chi connectivity index (χ1v) is 8.20. The first-order chi connectivity index (χ1) is 12.1. The molecule has 1 heterocycles. The smallest absolute Gasteiger partial charge is 0.145 e. The van der Waals surface area contributed by atoms with Crippen molar-refractivity contribution in [2.75, 3.05) is 19.5 Å². The Morgan fingerprint density at radius 1 is 1.00 bits per heavy atom. The molecule has 0 aliphatic rings. The molecule has 1 N–H and O–H groups in total. The molecule has 5 heteroatoms. The van der Waals surface area contributed by atoms with Crippen molar-refractivity contribution in [2.24, 2.45) is 0 Å². The van der Waals surface area contributed by atoms with Crippen molar-refractivity contribution in [2.45, 2.75) is 20.4 Å². The van der Waals surface area contributed by atoms with E-state index in [0.29, 0.717) is 6.54 Å². The predicted molar refractivity (Wildman–Crippen MR) is 99.9 cm³/mol. The fraction of sp³-hybridized carbons (Fsp3) is 0.250. The van der Waals surface area contributed by atoms with Crippen molar-refractivity contribution >= 4 is 5.69 Å². The van der Waals surface area contributed by atoms with Crippen molar-refractivity contribution in [3.63, 3.8) is 0 Å². The van der Waals surface area contributed by atoms with Gasteiger partial charge in [0, 0.05) is 23.9 Å². The highest BCUT2D eigenvalue weighted by Gasteiger charge is 2.13. The van der Waals surface area contributed by atoms with Crippen LogP contribution in [0, 0.1) is 13.8 Å². The highest BCUT2D eigenvalue weighted by molar-refractivity contribution is 5.59. The lowest BCUT2D eigenvalue weighted by molar-refractivity contribution is 0.395. The highest BCUT2D eigenvalue weighted by atomic mass is 16.5. The maximum Gasteiger partial charge on any atom is 0.145 e. The molecule has 3 aromatic rings. The fourth-order valence-corrected chi connectivity index (χ4v) is 2.88. The topological polar surface area (TPSA) is 48.3 Å². The molecule has 0 aliphatic carbocycles. The summed E-state index contributed by atoms with van der Waals surface area (Å²) in [5.74, 6) is 1.52. The van der Waals surface area contributed by atoms with Gasteiger partial charge in [0.15, 0.2) is 0 Å². The molecule has 0 amide bonds. The molecule has 130 valence electrons. The first-order valence-electron chi connectivity index (χ1n) is 8.20. The van der Waals surface area contributed by atoms with Gasteiger partial charge in [-0.25, -0.2) is 4.68 Å². The van der Waals surface area contributed by atoms with Crippen LogP contribution >= 0.6 is 0 Å². The molecule has 0 radical (unpaired) electrons. The van der Waals surface area contributed by atoms with Crippen LogP contribution < -0.4 is 14.8 Å². The van der Waals surface area contributed by atoms with Crippen molar-refractivity contribution < 1.29 is 9.47 Å². The second-order valence-corrected chi connectivity index (χ2v) is 5.82. The quantitative estimate of drug-likeness (QED) is 0.735. The van der Waals surface area contributed by atoms with Crippen LogP contribution in [0.3, 0.4) is 0 Å². The van der Waals surface area contributed by atoms with Gasteiger partial charge < -0.3 is 14.8 Å². The van der Waals surface area contributed by atoms with Gasteiger partial charge in [0.1, 0.15) is 11.5 Å². The zero-order valence-electron chi connectivity index (χ0n) is 15.0. The number of nitrogens with one attached hydrogen (secondary N) is 1. The number of ether oxygens (including phenoxy) is 2. The third-order valence-corrected chi connectivity index (χ3v) is 4.31. The van der Waals surface area contributed by atoms with Gasteiger partial charge in [-0.05, 0) is 38.1 Å². The van der Waals surface area contributed by atoms with Gasteiger partial charge in [-0.2, -0.15) is 5.10 Å². The summed E-state index contributed by atoms with van der Waals surface area (Å²) in [4.78, 5) is 0. The Kier molecular flexibility index (Phi) is 4.93. The van der Waals surface area contributed by atoms with Crippen molar-refractivity contribution in [3.05, 3.63) is 65.5 Å². The van der Waals surface area contributed by atoms with Gasteiger partial charge in [0.25, 0.3) is 0 Å². The summed E-state index contributed by atoms with van der Waals surface area (Å²) < 4.78 is 12.7. The van der Waals surface area contributed by atoms with Crippen molar-refractivity contribution in [1.82, 2.24) is 9.78 Å². The van der Waals surface area contributed by atoms with Crippen LogP contribution in [0.25, 0.3) is 5.69 Å². The standard InChI is InChI=1S/C20H23N3O2/c1-14-18(15(2)23(22-14)16-8-6-5-7-9-16)13-21-19-11-10-17(24-3)12-20(19)25-4/h5-12,21H,13H2,1-4H3. The van der Waals surface area contributed by atoms with Crippen LogP contribution in [0.2, 0.25) is 0 Å². The Labute approximate surface area is 148 Å². The Morgan fingerprint density at radius 2 is 1.76 bits per heavy atom.